The van der Waals surface area contributed by atoms with Gasteiger partial charge in [-0.25, -0.2) is 4.79 Å². The molecule has 2 aromatic rings. The number of amides is 1. The summed E-state index contributed by atoms with van der Waals surface area (Å²) in [7, 11) is 4.64. The lowest BCUT2D eigenvalue weighted by Crippen LogP contribution is -2.34. The van der Waals surface area contributed by atoms with Gasteiger partial charge in [-0.15, -0.1) is 0 Å². The molecule has 1 aromatic heterocycles. The molecule has 0 spiro atoms. The van der Waals surface area contributed by atoms with Crippen LogP contribution in [-0.2, 0) is 27.2 Å². The largest absolute Gasteiger partial charge is 0.476 e. The molecule has 2 aliphatic rings. The lowest BCUT2D eigenvalue weighted by molar-refractivity contribution is -0.000948. The fourth-order valence-corrected chi connectivity index (χ4v) is 4.65. The lowest BCUT2D eigenvalue weighted by Gasteiger charge is -2.29. The highest BCUT2D eigenvalue weighted by molar-refractivity contribution is 5.76. The lowest BCUT2D eigenvalue weighted by atomic mass is 9.90. The normalized spacial score (nSPS) is 15.8. The Labute approximate surface area is 199 Å². The molecule has 1 atom stereocenters. The van der Waals surface area contributed by atoms with Crippen LogP contribution in [0.2, 0.25) is 0 Å². The molecule has 4 rings (SSSR count). The van der Waals surface area contributed by atoms with Gasteiger partial charge in [-0.1, -0.05) is 24.3 Å². The summed E-state index contributed by atoms with van der Waals surface area (Å²) < 4.78 is 23.5. The first kappa shape index (κ1) is 24.0. The number of rotatable bonds is 7. The quantitative estimate of drug-likeness (QED) is 0.621. The van der Waals surface area contributed by atoms with Gasteiger partial charge in [0.2, 0.25) is 0 Å². The van der Waals surface area contributed by atoms with Gasteiger partial charge in [-0.3, -0.25) is 4.79 Å². The molecular formula is C26H32N2O6. The Hall–Kier alpha value is -3.10. The molecule has 182 valence electrons. The monoisotopic (exact) mass is 468 g/mol. The van der Waals surface area contributed by atoms with Crippen molar-refractivity contribution in [3.63, 3.8) is 0 Å². The van der Waals surface area contributed by atoms with Crippen LogP contribution < -0.4 is 10.2 Å². The van der Waals surface area contributed by atoms with E-state index in [-0.39, 0.29) is 17.6 Å². The number of hydrogen-bond acceptors (Lipinski definition) is 6. The summed E-state index contributed by atoms with van der Waals surface area (Å²) in [4.78, 5) is 26.2. The number of carbonyl (C=O) groups is 1. The molecule has 0 aliphatic carbocycles. The van der Waals surface area contributed by atoms with Gasteiger partial charge < -0.3 is 28.4 Å². The van der Waals surface area contributed by atoms with Crippen molar-refractivity contribution in [2.45, 2.75) is 32.4 Å². The second-order valence-corrected chi connectivity index (χ2v) is 8.61. The zero-order valence-electron chi connectivity index (χ0n) is 20.3. The highest BCUT2D eigenvalue weighted by Gasteiger charge is 2.24. The molecule has 0 N–H and O–H groups in total. The van der Waals surface area contributed by atoms with Crippen LogP contribution in [-0.4, -0.2) is 69.3 Å². The maximum absolute atomic E-state index is 12.8. The fraction of sp³-hybridized carbons (Fsp3) is 0.462. The molecule has 0 radical (unpaired) electrons. The van der Waals surface area contributed by atoms with Gasteiger partial charge in [-0.2, -0.15) is 0 Å². The standard InChI is InChI=1S/C26H32N2O6/c1-17-23(29)14-24(34-16-21(32-3)15-31-2)28-12-9-20-13-19(5-6-22(20)25(17)28)18-7-10-27(11-8-18)26(30)33-4/h5-7,13-14,21H,8-12,15-16H2,1-4H3/t21-/m0/s1. The second kappa shape index (κ2) is 10.4. The van der Waals surface area contributed by atoms with E-state index in [0.717, 1.165) is 36.2 Å². The zero-order chi connectivity index (χ0) is 24.2. The third-order valence-corrected chi connectivity index (χ3v) is 6.60. The maximum atomic E-state index is 12.8. The average molecular weight is 469 g/mol. The van der Waals surface area contributed by atoms with Crippen LogP contribution in [0.25, 0.3) is 16.8 Å². The van der Waals surface area contributed by atoms with Crippen LogP contribution in [0.5, 0.6) is 5.88 Å². The first-order valence-corrected chi connectivity index (χ1v) is 11.5. The molecule has 8 heteroatoms. The van der Waals surface area contributed by atoms with E-state index in [1.54, 1.807) is 25.2 Å². The smallest absolute Gasteiger partial charge is 0.409 e. The maximum Gasteiger partial charge on any atom is 0.409 e. The summed E-state index contributed by atoms with van der Waals surface area (Å²) in [5, 5.41) is 0. The van der Waals surface area contributed by atoms with E-state index in [2.05, 4.69) is 28.8 Å². The second-order valence-electron chi connectivity index (χ2n) is 8.61. The van der Waals surface area contributed by atoms with Crippen LogP contribution in [0.4, 0.5) is 4.79 Å². The Morgan fingerprint density at radius 1 is 1.09 bits per heavy atom. The molecular weight excluding hydrogens is 436 g/mol. The molecule has 0 fully saturated rings. The SMILES string of the molecule is COC[C@@H](COc1cc(=O)c(C)c2n1CCc1cc(C3=CCN(C(=O)OC)CC3)ccc1-2)OC. The van der Waals surface area contributed by atoms with Crippen molar-refractivity contribution in [1.29, 1.82) is 0 Å². The summed E-state index contributed by atoms with van der Waals surface area (Å²) >= 11 is 0. The van der Waals surface area contributed by atoms with E-state index in [1.165, 1.54) is 18.2 Å². The Bertz CT molecular complexity index is 1150. The van der Waals surface area contributed by atoms with Gasteiger partial charge in [0.15, 0.2) is 11.3 Å². The Morgan fingerprint density at radius 3 is 2.59 bits per heavy atom. The van der Waals surface area contributed by atoms with Gasteiger partial charge in [-0.05, 0) is 36.5 Å². The minimum absolute atomic E-state index is 0.0447. The number of fused-ring (bicyclic) bond motifs is 3. The number of pyridine rings is 1. The number of nitrogens with zero attached hydrogens (tertiary/aromatic N) is 2. The number of benzene rings is 1. The van der Waals surface area contributed by atoms with Gasteiger partial charge in [0.1, 0.15) is 12.7 Å². The molecule has 0 unspecified atom stereocenters. The third-order valence-electron chi connectivity index (χ3n) is 6.60. The van der Waals surface area contributed by atoms with Crippen molar-refractivity contribution in [2.75, 3.05) is 47.6 Å². The first-order valence-electron chi connectivity index (χ1n) is 11.5. The molecule has 2 aliphatic heterocycles. The number of hydrogen-bond donors (Lipinski definition) is 0. The van der Waals surface area contributed by atoms with Crippen molar-refractivity contribution in [1.82, 2.24) is 9.47 Å². The number of methoxy groups -OCH3 is 3. The molecule has 1 aromatic carbocycles. The van der Waals surface area contributed by atoms with Crippen LogP contribution in [0.1, 0.15) is 23.1 Å². The molecule has 0 saturated heterocycles. The van der Waals surface area contributed by atoms with Crippen molar-refractivity contribution in [2.24, 2.45) is 0 Å². The minimum atomic E-state index is -0.296. The third kappa shape index (κ3) is 4.74. The average Bonchev–Trinajstić information content (AvgIpc) is 2.87. The fourth-order valence-electron chi connectivity index (χ4n) is 4.65. The van der Waals surface area contributed by atoms with Crippen LogP contribution in [0.15, 0.2) is 35.1 Å². The van der Waals surface area contributed by atoms with Crippen LogP contribution in [0, 0.1) is 6.92 Å². The van der Waals surface area contributed by atoms with Crippen LogP contribution in [0.3, 0.4) is 0 Å². The summed E-state index contributed by atoms with van der Waals surface area (Å²) in [6, 6.07) is 7.99. The Kier molecular flexibility index (Phi) is 7.38. The highest BCUT2D eigenvalue weighted by Crippen LogP contribution is 2.36. The van der Waals surface area contributed by atoms with E-state index in [9.17, 15) is 9.59 Å². The topological polar surface area (TPSA) is 79.2 Å². The van der Waals surface area contributed by atoms with Gasteiger partial charge in [0.05, 0.1) is 19.4 Å². The van der Waals surface area contributed by atoms with Gasteiger partial charge in [0.25, 0.3) is 0 Å². The zero-order valence-corrected chi connectivity index (χ0v) is 20.3. The van der Waals surface area contributed by atoms with E-state index in [0.29, 0.717) is 37.7 Å². The summed E-state index contributed by atoms with van der Waals surface area (Å²) in [6.07, 6.45) is 3.20. The minimum Gasteiger partial charge on any atom is -0.476 e. The van der Waals surface area contributed by atoms with E-state index >= 15 is 0 Å². The molecule has 0 saturated carbocycles. The van der Waals surface area contributed by atoms with Crippen molar-refractivity contribution in [3.8, 4) is 17.1 Å². The number of carbonyl (C=O) groups excluding carboxylic acids is 1. The molecule has 1 amide bonds. The number of aromatic nitrogens is 1. The molecule has 0 bridgehead atoms. The first-order chi connectivity index (χ1) is 16.5. The van der Waals surface area contributed by atoms with Gasteiger partial charge >= 0.3 is 6.09 Å². The van der Waals surface area contributed by atoms with Gasteiger partial charge in [0, 0.05) is 51.0 Å². The van der Waals surface area contributed by atoms with Crippen molar-refractivity contribution in [3.05, 3.63) is 57.3 Å². The molecule has 8 nitrogen and oxygen atoms in total. The molecule has 34 heavy (non-hydrogen) atoms. The van der Waals surface area contributed by atoms with E-state index in [1.807, 2.05) is 6.92 Å². The van der Waals surface area contributed by atoms with Crippen molar-refractivity contribution < 1.29 is 23.7 Å². The van der Waals surface area contributed by atoms with Crippen LogP contribution >= 0.6 is 0 Å². The van der Waals surface area contributed by atoms with E-state index < -0.39 is 0 Å². The number of aryl methyl sites for hydroxylation is 1. The predicted molar refractivity (Wildman–Crippen MR) is 129 cm³/mol. The number of ether oxygens (including phenoxy) is 4. The Balaban J connectivity index is 1.62. The summed E-state index contributed by atoms with van der Waals surface area (Å²) in [5.41, 5.74) is 6.23. The molecule has 3 heterocycles. The predicted octanol–water partition coefficient (Wildman–Crippen LogP) is 3.28. The summed E-state index contributed by atoms with van der Waals surface area (Å²) in [5.74, 6) is 0.552. The van der Waals surface area contributed by atoms with E-state index in [4.69, 9.17) is 18.9 Å². The highest BCUT2D eigenvalue weighted by atomic mass is 16.6. The summed E-state index contributed by atoms with van der Waals surface area (Å²) in [6.45, 7) is 4.49. The Morgan fingerprint density at radius 2 is 1.91 bits per heavy atom. The van der Waals surface area contributed by atoms with Crippen molar-refractivity contribution >= 4 is 11.7 Å².